The molecule has 1 heterocycles. The first-order valence-corrected chi connectivity index (χ1v) is 4.29. The molecule has 0 aliphatic rings. The second-order valence-corrected chi connectivity index (χ2v) is 3.44. The van der Waals surface area contributed by atoms with Crippen molar-refractivity contribution in [3.63, 3.8) is 0 Å². The van der Waals surface area contributed by atoms with Crippen molar-refractivity contribution >= 4 is 11.6 Å². The molecule has 3 heteroatoms. The third kappa shape index (κ3) is 2.70. The quantitative estimate of drug-likeness (QED) is 0.674. The van der Waals surface area contributed by atoms with Gasteiger partial charge in [-0.3, -0.25) is 0 Å². The Morgan fingerprint density at radius 3 is 3.00 bits per heavy atom. The second-order valence-electron chi connectivity index (χ2n) is 2.69. The first kappa shape index (κ1) is 9.33. The Morgan fingerprint density at radius 1 is 1.67 bits per heavy atom. The van der Waals surface area contributed by atoms with E-state index in [4.69, 9.17) is 16.3 Å². The molecule has 0 aromatic carbocycles. The van der Waals surface area contributed by atoms with Crippen molar-refractivity contribution < 1.29 is 4.74 Å². The number of hydrogen-bond acceptors (Lipinski definition) is 2. The molecule has 0 saturated carbocycles. The predicted molar refractivity (Wildman–Crippen MR) is 49.8 cm³/mol. The fraction of sp³-hybridized carbons (Fsp3) is 0.444. The Balaban J connectivity index is 2.72. The van der Waals surface area contributed by atoms with Crippen molar-refractivity contribution in [3.05, 3.63) is 23.9 Å². The van der Waals surface area contributed by atoms with Crippen LogP contribution in [0.15, 0.2) is 18.3 Å². The Bertz CT molecular complexity index is 250. The molecule has 1 unspecified atom stereocenters. The fourth-order valence-corrected chi connectivity index (χ4v) is 1.19. The van der Waals surface area contributed by atoms with Gasteiger partial charge in [-0.1, -0.05) is 0 Å². The molecule has 12 heavy (non-hydrogen) atoms. The number of nitrogens with zero attached hydrogens (tertiary/aromatic N) is 1. The largest absolute Gasteiger partial charge is 0.481 e. The van der Waals surface area contributed by atoms with Crippen LogP contribution < -0.4 is 4.74 Å². The number of pyridine rings is 1. The lowest BCUT2D eigenvalue weighted by Crippen LogP contribution is -1.98. The van der Waals surface area contributed by atoms with Crippen LogP contribution in [0.3, 0.4) is 0 Å². The van der Waals surface area contributed by atoms with E-state index in [1.54, 1.807) is 13.3 Å². The number of halogens is 1. The zero-order chi connectivity index (χ0) is 8.97. The average Bonchev–Trinajstić information content (AvgIpc) is 2.03. The van der Waals surface area contributed by atoms with Crippen LogP contribution in [0, 0.1) is 0 Å². The summed E-state index contributed by atoms with van der Waals surface area (Å²) in [7, 11) is 1.61. The minimum atomic E-state index is 0.150. The summed E-state index contributed by atoms with van der Waals surface area (Å²) in [4.78, 5) is 4.00. The van der Waals surface area contributed by atoms with E-state index < -0.39 is 0 Å². The maximum Gasteiger partial charge on any atom is 0.213 e. The van der Waals surface area contributed by atoms with E-state index in [0.717, 1.165) is 12.0 Å². The van der Waals surface area contributed by atoms with E-state index in [1.165, 1.54) is 0 Å². The summed E-state index contributed by atoms with van der Waals surface area (Å²) in [5, 5.41) is 0.150. The van der Waals surface area contributed by atoms with Gasteiger partial charge in [-0.05, 0) is 25.0 Å². The molecule has 0 aliphatic carbocycles. The smallest absolute Gasteiger partial charge is 0.213 e. The first-order valence-electron chi connectivity index (χ1n) is 3.85. The van der Waals surface area contributed by atoms with Crippen molar-refractivity contribution in [1.29, 1.82) is 0 Å². The highest BCUT2D eigenvalue weighted by Crippen LogP contribution is 2.12. The molecule has 1 aromatic heterocycles. The van der Waals surface area contributed by atoms with Crippen LogP contribution in [-0.4, -0.2) is 17.5 Å². The van der Waals surface area contributed by atoms with Crippen LogP contribution in [0.5, 0.6) is 5.88 Å². The van der Waals surface area contributed by atoms with Crippen LogP contribution >= 0.6 is 11.6 Å². The average molecular weight is 186 g/mol. The maximum absolute atomic E-state index is 5.85. The van der Waals surface area contributed by atoms with Crippen molar-refractivity contribution in [2.45, 2.75) is 18.7 Å². The van der Waals surface area contributed by atoms with Crippen LogP contribution in [0.2, 0.25) is 0 Å². The van der Waals surface area contributed by atoms with Gasteiger partial charge in [-0.2, -0.15) is 0 Å². The second kappa shape index (κ2) is 4.31. The van der Waals surface area contributed by atoms with Crippen molar-refractivity contribution in [2.75, 3.05) is 7.11 Å². The molecule has 0 N–H and O–H groups in total. The standard InChI is InChI=1S/C9H12ClNO/c1-7(10)5-8-3-4-11-9(6-8)12-2/h3-4,6-7H,5H2,1-2H3. The predicted octanol–water partition coefficient (Wildman–Crippen LogP) is 2.26. The van der Waals surface area contributed by atoms with E-state index in [9.17, 15) is 0 Å². The molecular formula is C9H12ClNO. The van der Waals surface area contributed by atoms with Crippen molar-refractivity contribution in [3.8, 4) is 5.88 Å². The monoisotopic (exact) mass is 185 g/mol. The SMILES string of the molecule is COc1cc(CC(C)Cl)ccn1. The first-order chi connectivity index (χ1) is 5.72. The fourth-order valence-electron chi connectivity index (χ4n) is 1.01. The minimum Gasteiger partial charge on any atom is -0.481 e. The van der Waals surface area contributed by atoms with Crippen LogP contribution in [0.25, 0.3) is 0 Å². The molecule has 0 amide bonds. The Morgan fingerprint density at radius 2 is 2.42 bits per heavy atom. The lowest BCUT2D eigenvalue weighted by atomic mass is 10.1. The zero-order valence-corrected chi connectivity index (χ0v) is 8.01. The molecule has 0 saturated heterocycles. The van der Waals surface area contributed by atoms with Gasteiger partial charge in [0.2, 0.25) is 5.88 Å². The highest BCUT2D eigenvalue weighted by Gasteiger charge is 2.00. The third-order valence-corrected chi connectivity index (χ3v) is 1.68. The summed E-state index contributed by atoms with van der Waals surface area (Å²) in [5.74, 6) is 0.643. The maximum atomic E-state index is 5.85. The van der Waals surface area contributed by atoms with E-state index in [0.29, 0.717) is 5.88 Å². The van der Waals surface area contributed by atoms with Crippen LogP contribution in [0.1, 0.15) is 12.5 Å². The van der Waals surface area contributed by atoms with Crippen molar-refractivity contribution in [2.24, 2.45) is 0 Å². The number of alkyl halides is 1. The third-order valence-electron chi connectivity index (χ3n) is 1.53. The van der Waals surface area contributed by atoms with Crippen molar-refractivity contribution in [1.82, 2.24) is 4.98 Å². The zero-order valence-electron chi connectivity index (χ0n) is 7.25. The summed E-state index contributed by atoms with van der Waals surface area (Å²) >= 11 is 5.85. The van der Waals surface area contributed by atoms with Gasteiger partial charge in [0.05, 0.1) is 7.11 Å². The molecule has 2 nitrogen and oxygen atoms in total. The molecule has 66 valence electrons. The lowest BCUT2D eigenvalue weighted by Gasteiger charge is -2.04. The van der Waals surface area contributed by atoms with Gasteiger partial charge in [-0.15, -0.1) is 11.6 Å². The van der Waals surface area contributed by atoms with E-state index in [1.807, 2.05) is 19.1 Å². The van der Waals surface area contributed by atoms with Crippen LogP contribution in [0.4, 0.5) is 0 Å². The molecule has 1 aromatic rings. The van der Waals surface area contributed by atoms with Gasteiger partial charge in [0.25, 0.3) is 0 Å². The molecular weight excluding hydrogens is 174 g/mol. The summed E-state index contributed by atoms with van der Waals surface area (Å²) in [6.07, 6.45) is 2.58. The number of aromatic nitrogens is 1. The highest BCUT2D eigenvalue weighted by atomic mass is 35.5. The van der Waals surface area contributed by atoms with Gasteiger partial charge in [0.15, 0.2) is 0 Å². The Kier molecular flexibility index (Phi) is 3.35. The number of methoxy groups -OCH3 is 1. The molecule has 0 bridgehead atoms. The number of rotatable bonds is 3. The highest BCUT2D eigenvalue weighted by molar-refractivity contribution is 6.20. The van der Waals surface area contributed by atoms with Crippen LogP contribution in [-0.2, 0) is 6.42 Å². The summed E-state index contributed by atoms with van der Waals surface area (Å²) in [6.45, 7) is 1.97. The Hall–Kier alpha value is -0.760. The molecule has 1 atom stereocenters. The number of hydrogen-bond donors (Lipinski definition) is 0. The summed E-state index contributed by atoms with van der Waals surface area (Å²) < 4.78 is 4.98. The molecule has 0 aliphatic heterocycles. The van der Waals surface area contributed by atoms with E-state index in [-0.39, 0.29) is 5.38 Å². The molecule has 0 radical (unpaired) electrons. The Labute approximate surface area is 77.5 Å². The van der Waals surface area contributed by atoms with Gasteiger partial charge >= 0.3 is 0 Å². The minimum absolute atomic E-state index is 0.150. The topological polar surface area (TPSA) is 22.1 Å². The summed E-state index contributed by atoms with van der Waals surface area (Å²) in [5.41, 5.74) is 1.16. The van der Waals surface area contributed by atoms with Gasteiger partial charge in [-0.25, -0.2) is 4.98 Å². The number of ether oxygens (including phenoxy) is 1. The molecule has 0 fully saturated rings. The molecule has 1 rings (SSSR count). The lowest BCUT2D eigenvalue weighted by molar-refractivity contribution is 0.397. The summed E-state index contributed by atoms with van der Waals surface area (Å²) in [6, 6.07) is 3.85. The van der Waals surface area contributed by atoms with Gasteiger partial charge < -0.3 is 4.74 Å². The normalized spacial score (nSPS) is 12.6. The van der Waals surface area contributed by atoms with Gasteiger partial charge in [0.1, 0.15) is 0 Å². The van der Waals surface area contributed by atoms with E-state index >= 15 is 0 Å². The molecule has 0 spiro atoms. The van der Waals surface area contributed by atoms with E-state index in [2.05, 4.69) is 4.98 Å². The van der Waals surface area contributed by atoms with Gasteiger partial charge in [0, 0.05) is 17.6 Å².